The van der Waals surface area contributed by atoms with Gasteiger partial charge in [0.1, 0.15) is 0 Å². The highest BCUT2D eigenvalue weighted by Crippen LogP contribution is 2.27. The van der Waals surface area contributed by atoms with Crippen LogP contribution in [-0.4, -0.2) is 23.0 Å². The molecule has 0 amide bonds. The van der Waals surface area contributed by atoms with Gasteiger partial charge in [-0.2, -0.15) is 0 Å². The molecule has 86 valence electrons. The third-order valence-corrected chi connectivity index (χ3v) is 4.45. The Kier molecular flexibility index (Phi) is 3.95. The van der Waals surface area contributed by atoms with Crippen molar-refractivity contribution in [2.45, 2.75) is 58.0 Å². The van der Waals surface area contributed by atoms with Crippen LogP contribution in [0, 0.1) is 5.92 Å². The van der Waals surface area contributed by atoms with Crippen LogP contribution in [0.2, 0.25) is 0 Å². The van der Waals surface area contributed by atoms with E-state index in [0.717, 1.165) is 5.92 Å². The summed E-state index contributed by atoms with van der Waals surface area (Å²) in [4.78, 5) is 4.89. The van der Waals surface area contributed by atoms with Crippen LogP contribution in [0.1, 0.15) is 46.0 Å². The predicted octanol–water partition coefficient (Wildman–Crippen LogP) is 3.04. The first-order chi connectivity index (χ1) is 7.25. The monoisotopic (exact) mass is 226 g/mol. The maximum absolute atomic E-state index is 4.89. The van der Waals surface area contributed by atoms with Crippen molar-refractivity contribution in [1.82, 2.24) is 5.32 Å². The summed E-state index contributed by atoms with van der Waals surface area (Å²) in [7, 11) is 0. The molecule has 0 aromatic rings. The molecule has 1 aliphatic carbocycles. The highest BCUT2D eigenvalue weighted by atomic mass is 32.2. The molecule has 2 aliphatic rings. The molecule has 1 N–H and O–H groups in total. The second-order valence-electron chi connectivity index (χ2n) is 4.95. The largest absolute Gasteiger partial charge is 0.362 e. The number of rotatable bonds is 1. The smallest absolute Gasteiger partial charge is 0.157 e. The molecule has 0 spiro atoms. The van der Waals surface area contributed by atoms with E-state index in [4.69, 9.17) is 4.99 Å². The molecule has 0 aromatic heterocycles. The van der Waals surface area contributed by atoms with Crippen molar-refractivity contribution in [3.63, 3.8) is 0 Å². The molecule has 2 rings (SSSR count). The molecular formula is C12H22N2S. The lowest BCUT2D eigenvalue weighted by molar-refractivity contribution is 0.332. The van der Waals surface area contributed by atoms with Gasteiger partial charge in [-0.05, 0) is 32.1 Å². The van der Waals surface area contributed by atoms with Gasteiger partial charge in [0.15, 0.2) is 5.17 Å². The third kappa shape index (κ3) is 3.13. The summed E-state index contributed by atoms with van der Waals surface area (Å²) in [6.45, 7) is 4.60. The lowest BCUT2D eigenvalue weighted by Gasteiger charge is -2.28. The second kappa shape index (κ2) is 5.24. The number of amidine groups is 1. The zero-order valence-electron chi connectivity index (χ0n) is 9.83. The molecule has 1 saturated heterocycles. The van der Waals surface area contributed by atoms with E-state index in [1.54, 1.807) is 0 Å². The van der Waals surface area contributed by atoms with E-state index in [0.29, 0.717) is 12.1 Å². The molecule has 2 fully saturated rings. The molecule has 1 aliphatic heterocycles. The van der Waals surface area contributed by atoms with Gasteiger partial charge in [0.05, 0.1) is 6.04 Å². The Balaban J connectivity index is 1.94. The highest BCUT2D eigenvalue weighted by molar-refractivity contribution is 8.13. The minimum Gasteiger partial charge on any atom is -0.362 e. The molecule has 0 aromatic carbocycles. The van der Waals surface area contributed by atoms with Gasteiger partial charge in [-0.15, -0.1) is 0 Å². The van der Waals surface area contributed by atoms with Crippen molar-refractivity contribution < 1.29 is 0 Å². The molecule has 3 unspecified atom stereocenters. The van der Waals surface area contributed by atoms with Crippen LogP contribution in [0.3, 0.4) is 0 Å². The molecule has 3 atom stereocenters. The van der Waals surface area contributed by atoms with Crippen LogP contribution < -0.4 is 5.32 Å². The molecule has 1 heterocycles. The maximum Gasteiger partial charge on any atom is 0.157 e. The first-order valence-corrected chi connectivity index (χ1v) is 7.21. The normalized spacial score (nSPS) is 40.1. The Labute approximate surface area is 97.3 Å². The van der Waals surface area contributed by atoms with Crippen LogP contribution in [0.25, 0.3) is 0 Å². The van der Waals surface area contributed by atoms with E-state index in [1.165, 1.54) is 43.0 Å². The topological polar surface area (TPSA) is 24.4 Å². The van der Waals surface area contributed by atoms with Crippen LogP contribution >= 0.6 is 11.8 Å². The average Bonchev–Trinajstić information content (AvgIpc) is 2.22. The van der Waals surface area contributed by atoms with Crippen LogP contribution in [0.4, 0.5) is 0 Å². The van der Waals surface area contributed by atoms with Crippen molar-refractivity contribution in [3.8, 4) is 0 Å². The number of hydrogen-bond acceptors (Lipinski definition) is 2. The van der Waals surface area contributed by atoms with Gasteiger partial charge < -0.3 is 5.32 Å². The number of nitrogens with zero attached hydrogens (tertiary/aromatic N) is 1. The zero-order valence-corrected chi connectivity index (χ0v) is 10.6. The van der Waals surface area contributed by atoms with Crippen molar-refractivity contribution in [3.05, 3.63) is 0 Å². The maximum atomic E-state index is 4.89. The summed E-state index contributed by atoms with van der Waals surface area (Å²) in [6, 6.07) is 1.20. The molecule has 2 nitrogen and oxygen atoms in total. The van der Waals surface area contributed by atoms with Crippen molar-refractivity contribution in [2.75, 3.05) is 5.75 Å². The van der Waals surface area contributed by atoms with Gasteiger partial charge in [0, 0.05) is 11.8 Å². The van der Waals surface area contributed by atoms with Crippen molar-refractivity contribution in [1.29, 1.82) is 0 Å². The van der Waals surface area contributed by atoms with Crippen LogP contribution in [0.15, 0.2) is 4.99 Å². The summed E-state index contributed by atoms with van der Waals surface area (Å²) in [6.07, 6.45) is 6.69. The standard InChI is InChI=1S/C12H22N2S/c1-9-5-3-4-6-11(9)14-12-13-10(2)7-8-15-12/h9-11H,3-8H2,1-2H3,(H,13,14). The van der Waals surface area contributed by atoms with E-state index in [1.807, 2.05) is 11.8 Å². The minimum atomic E-state index is 0.582. The molecule has 0 bridgehead atoms. The summed E-state index contributed by atoms with van der Waals surface area (Å²) in [5.41, 5.74) is 0. The number of aliphatic imine (C=N–C) groups is 1. The van der Waals surface area contributed by atoms with Gasteiger partial charge in [-0.25, -0.2) is 0 Å². The van der Waals surface area contributed by atoms with E-state index in [-0.39, 0.29) is 0 Å². The second-order valence-corrected chi connectivity index (χ2v) is 6.03. The fraction of sp³-hybridized carbons (Fsp3) is 0.917. The van der Waals surface area contributed by atoms with E-state index in [9.17, 15) is 0 Å². The quantitative estimate of drug-likeness (QED) is 0.743. The summed E-state index contributed by atoms with van der Waals surface area (Å²) in [5.74, 6) is 2.01. The van der Waals surface area contributed by atoms with E-state index in [2.05, 4.69) is 19.2 Å². The lowest BCUT2D eigenvalue weighted by atomic mass is 9.86. The fourth-order valence-electron chi connectivity index (χ4n) is 2.37. The van der Waals surface area contributed by atoms with Gasteiger partial charge in [0.25, 0.3) is 0 Å². The third-order valence-electron chi connectivity index (χ3n) is 3.51. The van der Waals surface area contributed by atoms with Gasteiger partial charge >= 0.3 is 0 Å². The lowest BCUT2D eigenvalue weighted by Crippen LogP contribution is -2.37. The molecule has 0 radical (unpaired) electrons. The molecule has 1 saturated carbocycles. The SMILES string of the molecule is CC1CCSC(=NC2CCCCC2C)N1. The van der Waals surface area contributed by atoms with E-state index < -0.39 is 0 Å². The fourth-order valence-corrected chi connectivity index (χ4v) is 3.53. The average molecular weight is 226 g/mol. The van der Waals surface area contributed by atoms with Crippen molar-refractivity contribution >= 4 is 16.9 Å². The Morgan fingerprint density at radius 3 is 2.73 bits per heavy atom. The number of hydrogen-bond donors (Lipinski definition) is 1. The first-order valence-electron chi connectivity index (χ1n) is 6.23. The molecule has 3 heteroatoms. The molecular weight excluding hydrogens is 204 g/mol. The highest BCUT2D eigenvalue weighted by Gasteiger charge is 2.22. The molecule has 15 heavy (non-hydrogen) atoms. The minimum absolute atomic E-state index is 0.582. The number of nitrogens with one attached hydrogen (secondary N) is 1. The van der Waals surface area contributed by atoms with Gasteiger partial charge in [0.2, 0.25) is 0 Å². The van der Waals surface area contributed by atoms with Gasteiger partial charge in [-0.3, -0.25) is 4.99 Å². The van der Waals surface area contributed by atoms with E-state index >= 15 is 0 Å². The Bertz CT molecular complexity index is 240. The van der Waals surface area contributed by atoms with Crippen LogP contribution in [0.5, 0.6) is 0 Å². The summed E-state index contributed by atoms with van der Waals surface area (Å²) in [5, 5.41) is 4.70. The summed E-state index contributed by atoms with van der Waals surface area (Å²) < 4.78 is 0. The van der Waals surface area contributed by atoms with Crippen molar-refractivity contribution in [2.24, 2.45) is 10.9 Å². The number of thioether (sulfide) groups is 1. The van der Waals surface area contributed by atoms with Gasteiger partial charge in [-0.1, -0.05) is 31.5 Å². The predicted molar refractivity (Wildman–Crippen MR) is 68.5 cm³/mol. The Morgan fingerprint density at radius 2 is 2.00 bits per heavy atom. The summed E-state index contributed by atoms with van der Waals surface area (Å²) >= 11 is 1.90. The Morgan fingerprint density at radius 1 is 1.20 bits per heavy atom. The zero-order chi connectivity index (χ0) is 10.7. The first kappa shape index (κ1) is 11.3. The Hall–Kier alpha value is -0.180. The van der Waals surface area contributed by atoms with Crippen LogP contribution in [-0.2, 0) is 0 Å².